The van der Waals surface area contributed by atoms with Gasteiger partial charge < -0.3 is 10.9 Å². The molecule has 0 aliphatic heterocycles. The van der Waals surface area contributed by atoms with Crippen molar-refractivity contribution in [2.75, 3.05) is 19.8 Å². The zero-order valence-corrected chi connectivity index (χ0v) is 15.9. The van der Waals surface area contributed by atoms with Gasteiger partial charge in [-0.3, -0.25) is 4.79 Å². The number of hydrogen-bond acceptors (Lipinski definition) is 3. The van der Waals surface area contributed by atoms with Gasteiger partial charge in [-0.25, -0.2) is 0 Å². The van der Waals surface area contributed by atoms with Crippen LogP contribution in [-0.4, -0.2) is 25.3 Å². The third-order valence-electron chi connectivity index (χ3n) is 3.52. The Morgan fingerprint density at radius 3 is 2.25 bits per heavy atom. The Morgan fingerprint density at radius 1 is 1.04 bits per heavy atom. The van der Waals surface area contributed by atoms with Crippen LogP contribution in [0.5, 0.6) is 5.75 Å². The van der Waals surface area contributed by atoms with Crippen molar-refractivity contribution in [3.63, 3.8) is 0 Å². The van der Waals surface area contributed by atoms with Gasteiger partial charge in [0.2, 0.25) is 0 Å². The largest absolute Gasteiger partial charge is 1.00 e. The maximum Gasteiger partial charge on any atom is 1.00 e. The molecule has 124 valence electrons. The van der Waals surface area contributed by atoms with Gasteiger partial charge in [-0.1, -0.05) is 30.3 Å². The van der Waals surface area contributed by atoms with Gasteiger partial charge in [-0.15, -0.1) is 0 Å². The first-order valence-electron chi connectivity index (χ1n) is 7.80. The summed E-state index contributed by atoms with van der Waals surface area (Å²) in [5, 5.41) is 1.02. The van der Waals surface area contributed by atoms with Crippen LogP contribution in [-0.2, 0) is 4.74 Å². The molecule has 0 amide bonds. The summed E-state index contributed by atoms with van der Waals surface area (Å²) in [5.74, 6) is 0.803. The Labute approximate surface area is 159 Å². The van der Waals surface area contributed by atoms with Crippen molar-refractivity contribution in [1.82, 2.24) is 0 Å². The number of aryl methyl sites for hydroxylation is 2. The number of carbonyl (C=O) groups is 1. The fourth-order valence-electron chi connectivity index (χ4n) is 2.36. The van der Waals surface area contributed by atoms with Crippen molar-refractivity contribution < 1.29 is 34.6 Å². The van der Waals surface area contributed by atoms with Crippen LogP contribution in [0.25, 0.3) is 0 Å². The zero-order chi connectivity index (χ0) is 16.7. The molecule has 0 heterocycles. The molecule has 3 nitrogen and oxygen atoms in total. The van der Waals surface area contributed by atoms with Crippen LogP contribution >= 0.6 is 8.58 Å². The van der Waals surface area contributed by atoms with E-state index >= 15 is 0 Å². The first kappa shape index (κ1) is 20.9. The molecule has 0 saturated heterocycles. The molecule has 0 saturated carbocycles. The quantitative estimate of drug-likeness (QED) is 0.409. The summed E-state index contributed by atoms with van der Waals surface area (Å²) in [6.45, 7) is 7.76. The summed E-state index contributed by atoms with van der Waals surface area (Å²) < 4.78 is 10.8. The minimum absolute atomic E-state index is 0. The van der Waals surface area contributed by atoms with Gasteiger partial charge in [-0.05, 0) is 57.9 Å². The van der Waals surface area contributed by atoms with Crippen LogP contribution in [0.1, 0.15) is 29.8 Å². The van der Waals surface area contributed by atoms with E-state index in [2.05, 4.69) is 0 Å². The molecule has 1 unspecified atom stereocenters. The van der Waals surface area contributed by atoms with E-state index in [4.69, 9.17) is 9.47 Å². The maximum absolute atomic E-state index is 12.5. The normalized spacial score (nSPS) is 10.6. The van der Waals surface area contributed by atoms with Crippen molar-refractivity contribution in [3.8, 4) is 5.75 Å². The molecule has 0 N–H and O–H groups in total. The van der Waals surface area contributed by atoms with Crippen LogP contribution in [0.2, 0.25) is 0 Å². The molecule has 0 bridgehead atoms. The van der Waals surface area contributed by atoms with Gasteiger partial charge in [0.25, 0.3) is 0 Å². The summed E-state index contributed by atoms with van der Waals surface area (Å²) >= 11 is 0. The molecule has 1 atom stereocenters. The maximum atomic E-state index is 12.5. The first-order valence-corrected chi connectivity index (χ1v) is 8.80. The SMILES string of the molecule is CCOCCOc1ccc(PC(=O)c2c(C)cccc2C)cc1.[H-].[Li+]. The third-order valence-corrected chi connectivity index (χ3v) is 4.62. The van der Waals surface area contributed by atoms with Crippen molar-refractivity contribution in [2.24, 2.45) is 0 Å². The van der Waals surface area contributed by atoms with Gasteiger partial charge in [0, 0.05) is 12.2 Å². The average molecular weight is 338 g/mol. The van der Waals surface area contributed by atoms with Crippen LogP contribution in [0.4, 0.5) is 0 Å². The molecule has 0 spiro atoms. The molecule has 24 heavy (non-hydrogen) atoms. The van der Waals surface area contributed by atoms with E-state index in [-0.39, 0.29) is 34.4 Å². The molecule has 5 heteroatoms. The second-order valence-electron chi connectivity index (χ2n) is 5.29. The molecular formula is C19H24LiO3P. The Morgan fingerprint density at radius 2 is 1.67 bits per heavy atom. The number of hydrogen-bond donors (Lipinski definition) is 0. The standard InChI is InChI=1S/C19H23O3P.Li.H/c1-4-21-12-13-22-16-8-10-17(11-9-16)23-19(20)18-14(2)6-5-7-15(18)3;;/h5-11,23H,4,12-13H2,1-3H3;;/q;+1;-1. The van der Waals surface area contributed by atoms with Gasteiger partial charge in [-0.2, -0.15) is 0 Å². The van der Waals surface area contributed by atoms with E-state index in [0.717, 1.165) is 27.7 Å². The number of ether oxygens (including phenoxy) is 2. The van der Waals surface area contributed by atoms with Crippen LogP contribution in [0, 0.1) is 13.8 Å². The molecule has 0 aromatic heterocycles. The molecule has 0 radical (unpaired) electrons. The van der Waals surface area contributed by atoms with Gasteiger partial charge in [0.05, 0.1) is 6.61 Å². The summed E-state index contributed by atoms with van der Waals surface area (Å²) in [6.07, 6.45) is 0. The number of rotatable bonds is 8. The second kappa shape index (κ2) is 10.7. The molecule has 2 rings (SSSR count). The van der Waals surface area contributed by atoms with Crippen LogP contribution < -0.4 is 28.9 Å². The molecule has 0 aliphatic rings. The molecular weight excluding hydrogens is 314 g/mol. The fraction of sp³-hybridized carbons (Fsp3) is 0.316. The minimum Gasteiger partial charge on any atom is -1.00 e. The van der Waals surface area contributed by atoms with Crippen molar-refractivity contribution in [1.29, 1.82) is 0 Å². The van der Waals surface area contributed by atoms with E-state index in [9.17, 15) is 4.79 Å². The Balaban J connectivity index is 0.00000288. The summed E-state index contributed by atoms with van der Waals surface area (Å²) in [6, 6.07) is 13.7. The predicted octanol–water partition coefficient (Wildman–Crippen LogP) is 0.979. The van der Waals surface area contributed by atoms with E-state index in [1.54, 1.807) is 0 Å². The summed E-state index contributed by atoms with van der Waals surface area (Å²) in [4.78, 5) is 12.5. The number of carbonyl (C=O) groups excluding carboxylic acids is 1. The minimum atomic E-state index is 0. The number of benzene rings is 2. The van der Waals surface area contributed by atoms with Crippen molar-refractivity contribution >= 4 is 19.4 Å². The van der Waals surface area contributed by atoms with E-state index in [1.165, 1.54) is 0 Å². The molecule has 0 aliphatic carbocycles. The molecule has 2 aromatic rings. The summed E-state index contributed by atoms with van der Waals surface area (Å²) in [7, 11) is 0.128. The van der Waals surface area contributed by atoms with Crippen molar-refractivity contribution in [3.05, 3.63) is 59.2 Å². The zero-order valence-electron chi connectivity index (χ0n) is 15.9. The van der Waals surface area contributed by atoms with Gasteiger partial charge in [0.1, 0.15) is 12.4 Å². The van der Waals surface area contributed by atoms with E-state index in [1.807, 2.05) is 63.2 Å². The van der Waals surface area contributed by atoms with Crippen LogP contribution in [0.3, 0.4) is 0 Å². The smallest absolute Gasteiger partial charge is 1.00 e. The monoisotopic (exact) mass is 338 g/mol. The topological polar surface area (TPSA) is 35.5 Å². The van der Waals surface area contributed by atoms with Gasteiger partial charge >= 0.3 is 18.9 Å². The van der Waals surface area contributed by atoms with E-state index in [0.29, 0.717) is 19.8 Å². The van der Waals surface area contributed by atoms with Gasteiger partial charge in [0.15, 0.2) is 5.52 Å². The summed E-state index contributed by atoms with van der Waals surface area (Å²) in [5.41, 5.74) is 3.12. The fourth-order valence-corrected chi connectivity index (χ4v) is 3.48. The Kier molecular flexibility index (Phi) is 9.33. The van der Waals surface area contributed by atoms with Crippen LogP contribution in [0.15, 0.2) is 42.5 Å². The first-order chi connectivity index (χ1) is 11.1. The third kappa shape index (κ3) is 6.08. The Hall–Kier alpha value is -1.10. The second-order valence-corrected chi connectivity index (χ2v) is 6.57. The van der Waals surface area contributed by atoms with Crippen molar-refractivity contribution in [2.45, 2.75) is 20.8 Å². The molecule has 2 aromatic carbocycles. The Bertz CT molecular complexity index is 642. The van der Waals surface area contributed by atoms with E-state index < -0.39 is 0 Å². The molecule has 0 fully saturated rings. The average Bonchev–Trinajstić information content (AvgIpc) is 2.53. The predicted molar refractivity (Wildman–Crippen MR) is 97.7 cm³/mol.